The van der Waals surface area contributed by atoms with Crippen molar-refractivity contribution in [1.82, 2.24) is 0 Å². The van der Waals surface area contributed by atoms with Crippen molar-refractivity contribution in [2.75, 3.05) is 5.32 Å². The number of phenols is 1. The smallest absolute Gasteiger partial charge is 0.122 e. The number of nitriles is 1. The lowest BCUT2D eigenvalue weighted by atomic mass is 9.94. The van der Waals surface area contributed by atoms with Crippen LogP contribution in [-0.2, 0) is 6.42 Å². The molecule has 0 saturated carbocycles. The Labute approximate surface area is 133 Å². The molecule has 0 saturated heterocycles. The second-order valence-corrected chi connectivity index (χ2v) is 6.16. The fourth-order valence-corrected chi connectivity index (χ4v) is 2.32. The highest BCUT2D eigenvalue weighted by atomic mass is 79.9. The molecule has 0 aliphatic rings. The third-order valence-corrected chi connectivity index (χ3v) is 3.89. The van der Waals surface area contributed by atoms with Gasteiger partial charge in [0.2, 0.25) is 0 Å². The Morgan fingerprint density at radius 3 is 2.33 bits per heavy atom. The molecule has 0 heterocycles. The van der Waals surface area contributed by atoms with E-state index in [1.165, 1.54) is 0 Å². The standard InChI is InChI=1S/C17H17BrN2O/c1-17(12-19,20-15-6-4-14(18)5-7-15)11-10-13-2-8-16(21)9-3-13/h2-9,20-21H,10-11H2,1H3. The molecular weight excluding hydrogens is 328 g/mol. The lowest BCUT2D eigenvalue weighted by Gasteiger charge is -2.24. The first-order valence-corrected chi connectivity index (χ1v) is 7.53. The van der Waals surface area contributed by atoms with Crippen molar-refractivity contribution in [2.45, 2.75) is 25.3 Å². The Bertz CT molecular complexity index is 631. The van der Waals surface area contributed by atoms with Gasteiger partial charge in [0.25, 0.3) is 0 Å². The highest BCUT2D eigenvalue weighted by Gasteiger charge is 2.23. The van der Waals surface area contributed by atoms with Crippen LogP contribution in [0.15, 0.2) is 53.0 Å². The van der Waals surface area contributed by atoms with Gasteiger partial charge in [0.15, 0.2) is 0 Å². The maximum atomic E-state index is 9.46. The van der Waals surface area contributed by atoms with Gasteiger partial charge in [-0.2, -0.15) is 5.26 Å². The Morgan fingerprint density at radius 1 is 1.14 bits per heavy atom. The van der Waals surface area contributed by atoms with Crippen molar-refractivity contribution in [3.8, 4) is 11.8 Å². The number of aromatic hydroxyl groups is 1. The minimum absolute atomic E-state index is 0.259. The van der Waals surface area contributed by atoms with Crippen molar-refractivity contribution in [1.29, 1.82) is 5.26 Å². The number of rotatable bonds is 5. The third kappa shape index (κ3) is 4.51. The van der Waals surface area contributed by atoms with Crippen molar-refractivity contribution < 1.29 is 5.11 Å². The van der Waals surface area contributed by atoms with Gasteiger partial charge in [-0.3, -0.25) is 0 Å². The van der Waals surface area contributed by atoms with Crippen LogP contribution in [0.4, 0.5) is 5.69 Å². The molecule has 0 aromatic heterocycles. The molecule has 0 spiro atoms. The van der Waals surface area contributed by atoms with Gasteiger partial charge in [0.1, 0.15) is 11.3 Å². The fraction of sp³-hybridized carbons (Fsp3) is 0.235. The number of benzene rings is 2. The summed E-state index contributed by atoms with van der Waals surface area (Å²) in [7, 11) is 0. The van der Waals surface area contributed by atoms with E-state index in [1.54, 1.807) is 12.1 Å². The van der Waals surface area contributed by atoms with Crippen LogP contribution in [0.2, 0.25) is 0 Å². The number of nitrogens with one attached hydrogen (secondary N) is 1. The van der Waals surface area contributed by atoms with Crippen LogP contribution in [0.25, 0.3) is 0 Å². The van der Waals surface area contributed by atoms with Crippen molar-refractivity contribution in [2.24, 2.45) is 0 Å². The third-order valence-electron chi connectivity index (χ3n) is 3.36. The first kappa shape index (κ1) is 15.4. The van der Waals surface area contributed by atoms with Gasteiger partial charge in [-0.1, -0.05) is 28.1 Å². The lowest BCUT2D eigenvalue weighted by Crippen LogP contribution is -2.33. The number of halogens is 1. The molecular formula is C17H17BrN2O. The Balaban J connectivity index is 2.02. The quantitative estimate of drug-likeness (QED) is 0.840. The van der Waals surface area contributed by atoms with Gasteiger partial charge in [0.05, 0.1) is 6.07 Å². The van der Waals surface area contributed by atoms with E-state index in [2.05, 4.69) is 27.3 Å². The number of nitrogens with zero attached hydrogens (tertiary/aromatic N) is 1. The molecule has 0 radical (unpaired) electrons. The molecule has 0 amide bonds. The summed E-state index contributed by atoms with van der Waals surface area (Å²) in [6.45, 7) is 1.90. The van der Waals surface area contributed by atoms with Gasteiger partial charge in [0, 0.05) is 10.2 Å². The summed E-state index contributed by atoms with van der Waals surface area (Å²) in [5.74, 6) is 0.259. The first-order chi connectivity index (χ1) is 10.0. The number of aryl methyl sites for hydroxylation is 1. The van der Waals surface area contributed by atoms with Gasteiger partial charge < -0.3 is 10.4 Å². The zero-order valence-electron chi connectivity index (χ0n) is 11.8. The molecule has 0 fully saturated rings. The van der Waals surface area contributed by atoms with Crippen molar-refractivity contribution >= 4 is 21.6 Å². The summed E-state index contributed by atoms with van der Waals surface area (Å²) in [4.78, 5) is 0. The van der Waals surface area contributed by atoms with E-state index in [4.69, 9.17) is 0 Å². The molecule has 2 aromatic carbocycles. The predicted octanol–water partition coefficient (Wildman–Crippen LogP) is 4.48. The van der Waals surface area contributed by atoms with Gasteiger partial charge in [-0.05, 0) is 61.7 Å². The summed E-state index contributed by atoms with van der Waals surface area (Å²) in [5.41, 5.74) is 1.39. The summed E-state index contributed by atoms with van der Waals surface area (Å²) >= 11 is 3.40. The average Bonchev–Trinajstić information content (AvgIpc) is 2.49. The normalized spacial score (nSPS) is 13.2. The molecule has 108 valence electrons. The van der Waals surface area contributed by atoms with Gasteiger partial charge >= 0.3 is 0 Å². The van der Waals surface area contributed by atoms with Crippen LogP contribution in [0.1, 0.15) is 18.9 Å². The summed E-state index contributed by atoms with van der Waals surface area (Å²) in [6, 6.07) is 17.2. The molecule has 21 heavy (non-hydrogen) atoms. The maximum Gasteiger partial charge on any atom is 0.122 e. The van der Waals surface area contributed by atoms with Crippen LogP contribution in [0, 0.1) is 11.3 Å². The van der Waals surface area contributed by atoms with E-state index >= 15 is 0 Å². The number of phenolic OH excluding ortho intramolecular Hbond substituents is 1. The summed E-state index contributed by atoms with van der Waals surface area (Å²) in [6.07, 6.45) is 1.46. The highest BCUT2D eigenvalue weighted by molar-refractivity contribution is 9.10. The summed E-state index contributed by atoms with van der Waals surface area (Å²) < 4.78 is 1.01. The molecule has 4 heteroatoms. The molecule has 2 aromatic rings. The largest absolute Gasteiger partial charge is 0.508 e. The van der Waals surface area contributed by atoms with Crippen LogP contribution < -0.4 is 5.32 Å². The average molecular weight is 345 g/mol. The monoisotopic (exact) mass is 344 g/mol. The number of hydrogen-bond acceptors (Lipinski definition) is 3. The van der Waals surface area contributed by atoms with Crippen LogP contribution in [-0.4, -0.2) is 10.6 Å². The Morgan fingerprint density at radius 2 is 1.76 bits per heavy atom. The topological polar surface area (TPSA) is 56.0 Å². The molecule has 1 unspecified atom stereocenters. The van der Waals surface area contributed by atoms with E-state index in [9.17, 15) is 10.4 Å². The molecule has 0 aliphatic carbocycles. The minimum Gasteiger partial charge on any atom is -0.508 e. The number of hydrogen-bond donors (Lipinski definition) is 2. The van der Waals surface area contributed by atoms with Gasteiger partial charge in [-0.15, -0.1) is 0 Å². The Kier molecular flexibility index (Phi) is 4.87. The van der Waals surface area contributed by atoms with Crippen LogP contribution in [0.3, 0.4) is 0 Å². The lowest BCUT2D eigenvalue weighted by molar-refractivity contribution is 0.475. The summed E-state index contributed by atoms with van der Waals surface area (Å²) in [5, 5.41) is 22.0. The maximum absolute atomic E-state index is 9.46. The first-order valence-electron chi connectivity index (χ1n) is 6.74. The second kappa shape index (κ2) is 6.64. The SMILES string of the molecule is CC(C#N)(CCc1ccc(O)cc1)Nc1ccc(Br)cc1. The molecule has 1 atom stereocenters. The molecule has 0 aliphatic heterocycles. The predicted molar refractivity (Wildman–Crippen MR) is 88.2 cm³/mol. The minimum atomic E-state index is -0.633. The van der Waals surface area contributed by atoms with Crippen LogP contribution in [0.5, 0.6) is 5.75 Å². The zero-order valence-corrected chi connectivity index (χ0v) is 13.4. The molecule has 2 rings (SSSR count). The zero-order chi connectivity index (χ0) is 15.3. The van der Waals surface area contributed by atoms with E-state index < -0.39 is 5.54 Å². The van der Waals surface area contributed by atoms with Crippen molar-refractivity contribution in [3.63, 3.8) is 0 Å². The fourth-order valence-electron chi connectivity index (χ4n) is 2.06. The molecule has 3 nitrogen and oxygen atoms in total. The molecule has 0 bridgehead atoms. The van der Waals surface area contributed by atoms with Crippen molar-refractivity contribution in [3.05, 3.63) is 58.6 Å². The van der Waals surface area contributed by atoms with E-state index in [1.807, 2.05) is 43.3 Å². The van der Waals surface area contributed by atoms with Gasteiger partial charge in [-0.25, -0.2) is 0 Å². The van der Waals surface area contributed by atoms with Crippen LogP contribution >= 0.6 is 15.9 Å². The second-order valence-electron chi connectivity index (χ2n) is 5.24. The van der Waals surface area contributed by atoms with E-state index in [-0.39, 0.29) is 5.75 Å². The number of anilines is 1. The Hall–Kier alpha value is -1.99. The molecule has 2 N–H and O–H groups in total. The van der Waals surface area contributed by atoms with E-state index in [0.717, 1.165) is 22.1 Å². The highest BCUT2D eigenvalue weighted by Crippen LogP contribution is 2.22. The van der Waals surface area contributed by atoms with E-state index in [0.29, 0.717) is 6.42 Å².